The van der Waals surface area contributed by atoms with Gasteiger partial charge in [-0.2, -0.15) is 4.98 Å². The lowest BCUT2D eigenvalue weighted by molar-refractivity contribution is -0.137. The van der Waals surface area contributed by atoms with Crippen LogP contribution in [-0.2, 0) is 16.0 Å². The number of carbonyl (C=O) groups is 1. The first-order valence-corrected chi connectivity index (χ1v) is 14.4. The van der Waals surface area contributed by atoms with Crippen molar-refractivity contribution in [1.29, 1.82) is 0 Å². The van der Waals surface area contributed by atoms with Crippen molar-refractivity contribution in [2.75, 3.05) is 35.6 Å². The van der Waals surface area contributed by atoms with E-state index in [2.05, 4.69) is 30.9 Å². The maximum absolute atomic E-state index is 12.6. The summed E-state index contributed by atoms with van der Waals surface area (Å²) in [5.74, 6) is -1.44. The van der Waals surface area contributed by atoms with E-state index in [0.29, 0.717) is 32.2 Å². The highest BCUT2D eigenvalue weighted by atomic mass is 16.6. The van der Waals surface area contributed by atoms with Crippen molar-refractivity contribution in [3.8, 4) is 0 Å². The molecule has 1 saturated heterocycles. The lowest BCUT2D eigenvalue weighted by Crippen LogP contribution is -2.42. The van der Waals surface area contributed by atoms with Crippen molar-refractivity contribution < 1.29 is 36.8 Å². The Morgan fingerprint density at radius 3 is 2.30 bits per heavy atom. The topological polar surface area (TPSA) is 261 Å². The van der Waals surface area contributed by atoms with Crippen molar-refractivity contribution in [3.05, 3.63) is 77.1 Å². The van der Waals surface area contributed by atoms with E-state index in [0.717, 1.165) is 4.57 Å². The molecule has 3 heterocycles. The average molecular weight is 652 g/mol. The molecule has 17 heteroatoms. The molecule has 1 aliphatic rings. The van der Waals surface area contributed by atoms with E-state index in [1.807, 2.05) is 0 Å². The summed E-state index contributed by atoms with van der Waals surface area (Å²) in [5.41, 5.74) is -4.24. The molecule has 0 bridgehead atoms. The van der Waals surface area contributed by atoms with Crippen molar-refractivity contribution in [1.82, 2.24) is 19.5 Å². The monoisotopic (exact) mass is 651 g/mol. The molecule has 17 nitrogen and oxygen atoms in total. The summed E-state index contributed by atoms with van der Waals surface area (Å²) in [6.45, 7) is -0.00624. The molecule has 1 aliphatic heterocycles. The second-order valence-corrected chi connectivity index (χ2v) is 10.7. The van der Waals surface area contributed by atoms with Gasteiger partial charge in [-0.1, -0.05) is 43.1 Å². The lowest BCUT2D eigenvalue weighted by atomic mass is 10.0. The Balaban J connectivity index is 1.12. The van der Waals surface area contributed by atoms with Crippen LogP contribution in [0.2, 0.25) is 0 Å². The molecule has 5 atom stereocenters. The highest BCUT2D eigenvalue weighted by Gasteiger charge is 2.45. The highest BCUT2D eigenvalue weighted by Crippen LogP contribution is 2.29. The number of rotatable bonds is 16. The van der Waals surface area contributed by atoms with Crippen molar-refractivity contribution in [2.45, 2.75) is 62.7 Å². The smallest absolute Gasteiger partial charge is 0.330 e. The molecule has 0 radical (unpaired) electrons. The number of unbranched alkanes of at least 4 members (excludes halogenated alkanes) is 3. The number of imidazole rings is 1. The number of aromatic amines is 2. The van der Waals surface area contributed by atoms with Crippen LogP contribution in [0.3, 0.4) is 0 Å². The number of fused-ring (bicyclic) bond motifs is 1. The standard InChI is InChI=1S/C29H35N7O10/c37-13-16-20(38)23(41)26(46-16)36-24-19(33-29(36)45)25(42)35-28(34-24)31-11-7-2-1-6-10-30-17-18(22(40)21(17)39)32-15(27(43)44)12-14-8-4-3-5-9-14/h3-5,8-9,15-16,20,23,26,30,32,37-38,41H,1-2,6-7,10-13H2,(H,33,45)(H,43,44)(H2,31,34,35,42)/t15?,16-,20-,23-,26-/m1/s1/i3T,4T,5T,8T,9T. The quantitative estimate of drug-likeness (QED) is 0.0510. The van der Waals surface area contributed by atoms with E-state index >= 15 is 0 Å². The third-order valence-electron chi connectivity index (χ3n) is 7.54. The summed E-state index contributed by atoms with van der Waals surface area (Å²) in [5, 5.41) is 47.8. The normalized spacial score (nSPS) is 21.8. The van der Waals surface area contributed by atoms with Crippen LogP contribution in [0.25, 0.3) is 11.2 Å². The number of aromatic nitrogens is 4. The predicted octanol–water partition coefficient (Wildman–Crippen LogP) is -1.19. The van der Waals surface area contributed by atoms with Crippen LogP contribution in [0, 0.1) is 0 Å². The molecule has 0 saturated carbocycles. The summed E-state index contributed by atoms with van der Waals surface area (Å²) >= 11 is 0. The molecule has 0 spiro atoms. The summed E-state index contributed by atoms with van der Waals surface area (Å²) in [4.78, 5) is 70.8. The Bertz CT molecular complexity index is 2120. The Morgan fingerprint density at radius 2 is 1.65 bits per heavy atom. The Kier molecular flexibility index (Phi) is 8.07. The number of nitrogens with one attached hydrogen (secondary N) is 5. The van der Waals surface area contributed by atoms with Gasteiger partial charge < -0.3 is 41.1 Å². The molecule has 0 aliphatic carbocycles. The van der Waals surface area contributed by atoms with Gasteiger partial charge in [0.1, 0.15) is 35.7 Å². The third-order valence-corrected chi connectivity index (χ3v) is 7.54. The van der Waals surface area contributed by atoms with Crippen LogP contribution in [-0.4, -0.2) is 90.0 Å². The van der Waals surface area contributed by atoms with Crippen LogP contribution in [0.15, 0.2) is 49.4 Å². The van der Waals surface area contributed by atoms with Crippen molar-refractivity contribution in [2.24, 2.45) is 0 Å². The molecular weight excluding hydrogens is 606 g/mol. The van der Waals surface area contributed by atoms with Crippen LogP contribution >= 0.6 is 0 Å². The molecule has 2 aromatic heterocycles. The second-order valence-electron chi connectivity index (χ2n) is 10.7. The van der Waals surface area contributed by atoms with Gasteiger partial charge in [0, 0.05) is 19.5 Å². The van der Waals surface area contributed by atoms with Crippen LogP contribution in [0.5, 0.6) is 0 Å². The number of ether oxygens (including phenoxy) is 1. The lowest BCUT2D eigenvalue weighted by Gasteiger charge is -2.20. The Morgan fingerprint density at radius 1 is 0.978 bits per heavy atom. The first kappa shape index (κ1) is 26.4. The molecule has 9 N–H and O–H groups in total. The number of hydrogen-bond donors (Lipinski definition) is 9. The second kappa shape index (κ2) is 14.1. The van der Waals surface area contributed by atoms with E-state index in [1.165, 1.54) is 0 Å². The first-order valence-electron chi connectivity index (χ1n) is 16.9. The Hall–Kier alpha value is -4.84. The number of aliphatic hydroxyl groups excluding tert-OH is 3. The van der Waals surface area contributed by atoms with Crippen LogP contribution in [0.4, 0.5) is 17.3 Å². The number of aliphatic carboxylic acids is 1. The highest BCUT2D eigenvalue weighted by molar-refractivity contribution is 5.82. The zero-order chi connectivity index (χ0) is 37.3. The van der Waals surface area contributed by atoms with Crippen LogP contribution in [0.1, 0.15) is 44.3 Å². The van der Waals surface area contributed by atoms with Gasteiger partial charge in [-0.3, -0.25) is 24.4 Å². The van der Waals surface area contributed by atoms with E-state index in [-0.39, 0.29) is 40.6 Å². The van der Waals surface area contributed by atoms with E-state index < -0.39 is 102 Å². The van der Waals surface area contributed by atoms with Crippen molar-refractivity contribution in [3.63, 3.8) is 0 Å². The minimum Gasteiger partial charge on any atom is -0.480 e. The van der Waals surface area contributed by atoms with Gasteiger partial charge in [-0.15, -0.1) is 0 Å². The van der Waals surface area contributed by atoms with Gasteiger partial charge in [0.2, 0.25) is 5.95 Å². The Labute approximate surface area is 266 Å². The molecule has 1 unspecified atom stereocenters. The van der Waals surface area contributed by atoms with E-state index in [9.17, 15) is 44.4 Å². The fourth-order valence-corrected chi connectivity index (χ4v) is 5.10. The molecule has 46 heavy (non-hydrogen) atoms. The fourth-order valence-electron chi connectivity index (χ4n) is 5.10. The summed E-state index contributed by atoms with van der Waals surface area (Å²) < 4.78 is 45.7. The van der Waals surface area contributed by atoms with Gasteiger partial charge in [-0.25, -0.2) is 14.2 Å². The van der Waals surface area contributed by atoms with E-state index in [1.54, 1.807) is 0 Å². The molecule has 246 valence electrons. The third kappa shape index (κ3) is 6.71. The summed E-state index contributed by atoms with van der Waals surface area (Å²) in [7, 11) is 0. The van der Waals surface area contributed by atoms with Crippen molar-refractivity contribution >= 4 is 34.5 Å². The minimum absolute atomic E-state index is 0.0278. The summed E-state index contributed by atoms with van der Waals surface area (Å²) in [6, 6.07) is -4.60. The molecule has 5 rings (SSSR count). The maximum atomic E-state index is 12.6. The maximum Gasteiger partial charge on any atom is 0.330 e. The average Bonchev–Trinajstić information content (AvgIpc) is 3.59. The minimum atomic E-state index is -1.57. The molecule has 0 amide bonds. The number of nitrogens with zero attached hydrogens (tertiary/aromatic N) is 2. The van der Waals surface area contributed by atoms with Gasteiger partial charge in [0.25, 0.3) is 16.4 Å². The zero-order valence-electron chi connectivity index (χ0n) is 29.2. The SMILES string of the molecule is [3H]c1c([3H])c([3H])c(CC(Nc2c(NCCCCCCNc3nc4c([nH]c(=O)n4[C@@H]4O[C@H](CO)[C@@H](O)[C@H]4O)c(=O)[nH]3)c(=O)c2=O)C(=O)O)c([3H])c1[3H]. The fraction of sp³-hybridized carbons (Fsp3) is 0.448. The van der Waals surface area contributed by atoms with E-state index in [4.69, 9.17) is 11.6 Å². The predicted molar refractivity (Wildman–Crippen MR) is 166 cm³/mol. The van der Waals surface area contributed by atoms with Gasteiger partial charge in [-0.05, 0) is 18.4 Å². The largest absolute Gasteiger partial charge is 0.480 e. The summed E-state index contributed by atoms with van der Waals surface area (Å²) in [6.07, 6.45) is -3.66. The van der Waals surface area contributed by atoms with Gasteiger partial charge in [0.05, 0.1) is 13.5 Å². The first-order chi connectivity index (χ1) is 24.2. The number of carboxylic acid groups (broad SMARTS) is 1. The number of anilines is 3. The van der Waals surface area contributed by atoms with Gasteiger partial charge >= 0.3 is 11.7 Å². The zero-order valence-corrected chi connectivity index (χ0v) is 24.2. The van der Waals surface area contributed by atoms with Gasteiger partial charge in [0.15, 0.2) is 17.4 Å². The number of hydrogen-bond acceptors (Lipinski definition) is 13. The molecule has 4 aromatic rings. The molecular formula is C29H35N7O10. The molecule has 1 fully saturated rings. The number of H-pyrrole nitrogens is 2. The van der Waals surface area contributed by atoms with Crippen LogP contribution < -0.4 is 38.1 Å². The number of carboxylic acids is 1. The number of benzene rings is 1. The number of aliphatic hydroxyl groups is 3. The molecule has 2 aromatic carbocycles.